The van der Waals surface area contributed by atoms with E-state index in [0.717, 1.165) is 30.0 Å². The molecule has 0 bridgehead atoms. The first-order valence-electron chi connectivity index (χ1n) is 10.5. The van der Waals surface area contributed by atoms with Crippen molar-refractivity contribution in [3.05, 3.63) is 83.9 Å². The quantitative estimate of drug-likeness (QED) is 0.671. The molecule has 1 amide bonds. The second kappa shape index (κ2) is 7.75. The van der Waals surface area contributed by atoms with E-state index >= 15 is 0 Å². The van der Waals surface area contributed by atoms with Gasteiger partial charge < -0.3 is 15.3 Å². The van der Waals surface area contributed by atoms with Gasteiger partial charge in [0.05, 0.1) is 5.56 Å². The molecule has 0 radical (unpaired) electrons. The highest BCUT2D eigenvalue weighted by atomic mass is 16.3. The number of rotatable bonds is 4. The van der Waals surface area contributed by atoms with Crippen LogP contribution < -0.4 is 15.1 Å². The molecule has 5 heteroatoms. The first kappa shape index (κ1) is 18.6. The van der Waals surface area contributed by atoms with Gasteiger partial charge in [-0.3, -0.25) is 9.69 Å². The van der Waals surface area contributed by atoms with Gasteiger partial charge >= 0.3 is 0 Å². The van der Waals surface area contributed by atoms with Crippen LogP contribution in [0.15, 0.2) is 72.8 Å². The number of amides is 1. The fourth-order valence-electron chi connectivity index (χ4n) is 4.44. The van der Waals surface area contributed by atoms with Crippen molar-refractivity contribution in [3.8, 4) is 5.75 Å². The number of fused-ring (bicyclic) bond motifs is 1. The lowest BCUT2D eigenvalue weighted by atomic mass is 10.0. The maximum absolute atomic E-state index is 13.7. The Balaban J connectivity index is 1.55. The van der Waals surface area contributed by atoms with Crippen molar-refractivity contribution >= 4 is 23.0 Å². The van der Waals surface area contributed by atoms with Crippen LogP contribution >= 0.6 is 0 Å². The molecule has 1 fully saturated rings. The number of benzene rings is 3. The number of carbonyl (C=O) groups is 1. The Morgan fingerprint density at radius 3 is 2.47 bits per heavy atom. The predicted molar refractivity (Wildman–Crippen MR) is 120 cm³/mol. The van der Waals surface area contributed by atoms with Gasteiger partial charge in [0.25, 0.3) is 5.91 Å². The number of hydrogen-bond acceptors (Lipinski definition) is 4. The van der Waals surface area contributed by atoms with Gasteiger partial charge in [0.15, 0.2) is 0 Å². The van der Waals surface area contributed by atoms with E-state index in [0.29, 0.717) is 17.7 Å². The van der Waals surface area contributed by atoms with Crippen molar-refractivity contribution in [1.82, 2.24) is 0 Å². The van der Waals surface area contributed by atoms with Crippen LogP contribution in [0.25, 0.3) is 0 Å². The smallest absolute Gasteiger partial charge is 0.262 e. The van der Waals surface area contributed by atoms with Crippen molar-refractivity contribution in [2.75, 3.05) is 28.2 Å². The lowest BCUT2D eigenvalue weighted by Crippen LogP contribution is -2.50. The van der Waals surface area contributed by atoms with Gasteiger partial charge in [-0.25, -0.2) is 0 Å². The summed E-state index contributed by atoms with van der Waals surface area (Å²) in [7, 11) is 0. The SMILES string of the molecule is O=C1c2cc(N3CCCC3)ccc2NC(Cc2ccccc2)N1c1cccc(O)c1. The Hall–Kier alpha value is -3.47. The zero-order valence-electron chi connectivity index (χ0n) is 16.8. The van der Waals surface area contributed by atoms with E-state index in [4.69, 9.17) is 0 Å². The Morgan fingerprint density at radius 2 is 1.70 bits per heavy atom. The van der Waals surface area contributed by atoms with E-state index < -0.39 is 0 Å². The largest absolute Gasteiger partial charge is 0.508 e. The van der Waals surface area contributed by atoms with Gasteiger partial charge in [-0.2, -0.15) is 0 Å². The summed E-state index contributed by atoms with van der Waals surface area (Å²) >= 11 is 0. The maximum Gasteiger partial charge on any atom is 0.262 e. The van der Waals surface area contributed by atoms with E-state index in [1.54, 1.807) is 23.1 Å². The number of nitrogens with one attached hydrogen (secondary N) is 1. The van der Waals surface area contributed by atoms with Crippen molar-refractivity contribution in [2.24, 2.45) is 0 Å². The molecule has 2 N–H and O–H groups in total. The van der Waals surface area contributed by atoms with E-state index in [2.05, 4.69) is 28.4 Å². The monoisotopic (exact) mass is 399 g/mol. The van der Waals surface area contributed by atoms with Crippen LogP contribution in [0.2, 0.25) is 0 Å². The first-order chi connectivity index (χ1) is 14.7. The minimum absolute atomic E-state index is 0.0451. The molecule has 3 aromatic carbocycles. The third kappa shape index (κ3) is 3.47. The van der Waals surface area contributed by atoms with Gasteiger partial charge in [0.1, 0.15) is 11.9 Å². The molecule has 2 aliphatic rings. The molecular weight excluding hydrogens is 374 g/mol. The summed E-state index contributed by atoms with van der Waals surface area (Å²) in [5.41, 5.74) is 4.46. The Kier molecular flexibility index (Phi) is 4.79. The molecule has 0 spiro atoms. The molecule has 1 saturated heterocycles. The van der Waals surface area contributed by atoms with E-state index in [1.807, 2.05) is 36.4 Å². The van der Waals surface area contributed by atoms with Crippen molar-refractivity contribution in [2.45, 2.75) is 25.4 Å². The molecule has 2 aliphatic heterocycles. The predicted octanol–water partition coefficient (Wildman–Crippen LogP) is 4.63. The summed E-state index contributed by atoms with van der Waals surface area (Å²) in [5, 5.41) is 13.6. The number of phenolic OH excluding ortho intramolecular Hbond substituents is 1. The van der Waals surface area contributed by atoms with Crippen LogP contribution in [0, 0.1) is 0 Å². The number of aromatic hydroxyl groups is 1. The van der Waals surface area contributed by atoms with Crippen LogP contribution in [0.5, 0.6) is 5.75 Å². The standard InChI is InChI=1S/C25H25N3O2/c29-21-10-6-9-20(16-21)28-24(15-18-7-2-1-3-8-18)26-23-12-11-19(17-22(23)25(28)30)27-13-4-5-14-27/h1-3,6-12,16-17,24,26,29H,4-5,13-15H2. The minimum Gasteiger partial charge on any atom is -0.508 e. The number of hydrogen-bond donors (Lipinski definition) is 2. The molecule has 152 valence electrons. The van der Waals surface area contributed by atoms with Crippen LogP contribution in [0.1, 0.15) is 28.8 Å². The molecule has 30 heavy (non-hydrogen) atoms. The highest BCUT2D eigenvalue weighted by Crippen LogP contribution is 2.35. The second-order valence-corrected chi connectivity index (χ2v) is 7.97. The molecule has 5 rings (SSSR count). The zero-order chi connectivity index (χ0) is 20.5. The van der Waals surface area contributed by atoms with Gasteiger partial charge in [0.2, 0.25) is 0 Å². The molecule has 2 heterocycles. The first-order valence-corrected chi connectivity index (χ1v) is 10.5. The molecule has 0 aromatic heterocycles. The van der Waals surface area contributed by atoms with Crippen LogP contribution in [-0.2, 0) is 6.42 Å². The topological polar surface area (TPSA) is 55.8 Å². The average Bonchev–Trinajstić information content (AvgIpc) is 3.29. The summed E-state index contributed by atoms with van der Waals surface area (Å²) in [4.78, 5) is 17.8. The van der Waals surface area contributed by atoms with E-state index in [9.17, 15) is 9.90 Å². The van der Waals surface area contributed by atoms with Crippen molar-refractivity contribution in [3.63, 3.8) is 0 Å². The molecule has 3 aromatic rings. The number of nitrogens with zero attached hydrogens (tertiary/aromatic N) is 2. The lowest BCUT2D eigenvalue weighted by molar-refractivity contribution is 0.0975. The summed E-state index contributed by atoms with van der Waals surface area (Å²) in [5.74, 6) is 0.103. The average molecular weight is 399 g/mol. The molecule has 1 atom stereocenters. The van der Waals surface area contributed by atoms with Crippen molar-refractivity contribution in [1.29, 1.82) is 0 Å². The van der Waals surface area contributed by atoms with E-state index in [1.165, 1.54) is 12.8 Å². The molecule has 0 saturated carbocycles. The Bertz CT molecular complexity index is 1060. The number of anilines is 3. The number of carbonyl (C=O) groups excluding carboxylic acids is 1. The molecule has 5 nitrogen and oxygen atoms in total. The molecular formula is C25H25N3O2. The summed E-state index contributed by atoms with van der Waals surface area (Å²) in [6.45, 7) is 2.07. The maximum atomic E-state index is 13.7. The third-order valence-corrected chi connectivity index (χ3v) is 5.94. The van der Waals surface area contributed by atoms with Crippen LogP contribution in [-0.4, -0.2) is 30.3 Å². The molecule has 0 aliphatic carbocycles. The second-order valence-electron chi connectivity index (χ2n) is 7.97. The Morgan fingerprint density at radius 1 is 0.900 bits per heavy atom. The van der Waals surface area contributed by atoms with Gasteiger partial charge in [0, 0.05) is 42.6 Å². The van der Waals surface area contributed by atoms with Gasteiger partial charge in [-0.1, -0.05) is 36.4 Å². The zero-order valence-corrected chi connectivity index (χ0v) is 16.8. The van der Waals surface area contributed by atoms with E-state index in [-0.39, 0.29) is 17.8 Å². The Labute approximate surface area is 176 Å². The number of phenols is 1. The van der Waals surface area contributed by atoms with Crippen LogP contribution in [0.3, 0.4) is 0 Å². The minimum atomic E-state index is -0.244. The van der Waals surface area contributed by atoms with Gasteiger partial charge in [-0.05, 0) is 48.7 Å². The summed E-state index contributed by atoms with van der Waals surface area (Å²) in [6.07, 6.45) is 2.80. The highest BCUT2D eigenvalue weighted by Gasteiger charge is 2.34. The fraction of sp³-hybridized carbons (Fsp3) is 0.240. The molecule has 1 unspecified atom stereocenters. The van der Waals surface area contributed by atoms with Crippen LogP contribution in [0.4, 0.5) is 17.1 Å². The normalized spacial score (nSPS) is 18.3. The third-order valence-electron chi connectivity index (χ3n) is 5.94. The van der Waals surface area contributed by atoms with Gasteiger partial charge in [-0.15, -0.1) is 0 Å². The highest BCUT2D eigenvalue weighted by molar-refractivity contribution is 6.12. The fourth-order valence-corrected chi connectivity index (χ4v) is 4.44. The summed E-state index contributed by atoms with van der Waals surface area (Å²) in [6, 6.07) is 23.2. The van der Waals surface area contributed by atoms with Crippen molar-refractivity contribution < 1.29 is 9.90 Å². The lowest BCUT2D eigenvalue weighted by Gasteiger charge is -2.38. The summed E-state index contributed by atoms with van der Waals surface area (Å²) < 4.78 is 0.